The van der Waals surface area contributed by atoms with E-state index < -0.39 is 10.0 Å². The molecule has 0 radical (unpaired) electrons. The van der Waals surface area contributed by atoms with Crippen LogP contribution in [0.3, 0.4) is 0 Å². The summed E-state index contributed by atoms with van der Waals surface area (Å²) >= 11 is 0. The summed E-state index contributed by atoms with van der Waals surface area (Å²) in [5, 5.41) is 6.68. The third kappa shape index (κ3) is 4.67. The number of aryl methyl sites for hydroxylation is 1. The van der Waals surface area contributed by atoms with Gasteiger partial charge < -0.3 is 14.3 Å². The summed E-state index contributed by atoms with van der Waals surface area (Å²) in [4.78, 5) is 16.3. The number of furan rings is 1. The second-order valence-electron chi connectivity index (χ2n) is 6.02. The number of piperidine rings is 1. The first kappa shape index (κ1) is 17.6. The molecule has 1 amide bonds. The van der Waals surface area contributed by atoms with Crippen LogP contribution in [-0.4, -0.2) is 54.2 Å². The van der Waals surface area contributed by atoms with Crippen molar-refractivity contribution < 1.29 is 22.2 Å². The minimum Gasteiger partial charge on any atom is -0.461 e. The van der Waals surface area contributed by atoms with Crippen molar-refractivity contribution in [3.63, 3.8) is 0 Å². The average molecular weight is 368 g/mol. The molecule has 136 valence electrons. The molecular weight excluding hydrogens is 348 g/mol. The molecule has 0 saturated carbocycles. The van der Waals surface area contributed by atoms with Crippen molar-refractivity contribution in [1.29, 1.82) is 0 Å². The molecule has 0 aromatic carbocycles. The fourth-order valence-corrected chi connectivity index (χ4v) is 3.66. The Kier molecular flexibility index (Phi) is 5.19. The van der Waals surface area contributed by atoms with Crippen LogP contribution in [0.5, 0.6) is 0 Å². The Bertz CT molecular complexity index is 815. The first-order chi connectivity index (χ1) is 11.9. The van der Waals surface area contributed by atoms with E-state index >= 15 is 0 Å². The number of rotatable bonds is 6. The van der Waals surface area contributed by atoms with Crippen LogP contribution in [0, 0.1) is 0 Å². The molecule has 2 aromatic rings. The largest absolute Gasteiger partial charge is 0.461 e. The molecule has 1 unspecified atom stereocenters. The summed E-state index contributed by atoms with van der Waals surface area (Å²) in [5.74, 6) is 1.03. The van der Waals surface area contributed by atoms with Gasteiger partial charge in [0.05, 0.1) is 12.5 Å². The Morgan fingerprint density at radius 1 is 1.48 bits per heavy atom. The number of hydrogen-bond donors (Lipinski definition) is 1. The third-order valence-corrected chi connectivity index (χ3v) is 5.26. The van der Waals surface area contributed by atoms with Crippen LogP contribution in [0.25, 0.3) is 11.6 Å². The Morgan fingerprint density at radius 2 is 2.32 bits per heavy atom. The summed E-state index contributed by atoms with van der Waals surface area (Å²) in [6.07, 6.45) is 4.69. The minimum atomic E-state index is -3.23. The van der Waals surface area contributed by atoms with Crippen molar-refractivity contribution in [3.8, 4) is 11.6 Å². The molecule has 3 rings (SSSR count). The van der Waals surface area contributed by atoms with Gasteiger partial charge >= 0.3 is 0 Å². The summed E-state index contributed by atoms with van der Waals surface area (Å²) in [6.45, 7) is 0.816. The molecule has 1 aliphatic heterocycles. The second-order valence-corrected chi connectivity index (χ2v) is 8.00. The number of sulfonamides is 1. The number of amides is 1. The standard InChI is InChI=1S/C15H20N4O5S/c1-25(21,22)19-8-2-4-11(10-19)16-13(20)6-7-14-17-15(18-24-14)12-5-3-9-23-12/h3,5,9,11H,2,4,6-8,10H2,1H3,(H,16,20). The monoisotopic (exact) mass is 368 g/mol. The molecule has 10 heteroatoms. The first-order valence-corrected chi connectivity index (χ1v) is 9.87. The predicted octanol–water partition coefficient (Wildman–Crippen LogP) is 0.802. The summed E-state index contributed by atoms with van der Waals surface area (Å²) in [5.41, 5.74) is 0. The fraction of sp³-hybridized carbons (Fsp3) is 0.533. The lowest BCUT2D eigenvalue weighted by molar-refractivity contribution is -0.122. The van der Waals surface area contributed by atoms with Gasteiger partial charge in [-0.15, -0.1) is 0 Å². The molecule has 1 atom stereocenters. The van der Waals surface area contributed by atoms with Crippen LogP contribution in [0.4, 0.5) is 0 Å². The van der Waals surface area contributed by atoms with Crippen LogP contribution in [0.15, 0.2) is 27.3 Å². The number of hydrogen-bond acceptors (Lipinski definition) is 7. The highest BCUT2D eigenvalue weighted by Crippen LogP contribution is 2.16. The molecule has 1 saturated heterocycles. The van der Waals surface area contributed by atoms with Gasteiger partial charge in [0.15, 0.2) is 5.76 Å². The van der Waals surface area contributed by atoms with Gasteiger partial charge in [0, 0.05) is 32.0 Å². The van der Waals surface area contributed by atoms with Crippen molar-refractivity contribution in [2.75, 3.05) is 19.3 Å². The van der Waals surface area contributed by atoms with E-state index in [1.165, 1.54) is 16.8 Å². The molecule has 3 heterocycles. The lowest BCUT2D eigenvalue weighted by atomic mass is 10.1. The second kappa shape index (κ2) is 7.36. The molecule has 1 aliphatic rings. The van der Waals surface area contributed by atoms with Gasteiger partial charge in [-0.3, -0.25) is 4.79 Å². The summed E-state index contributed by atoms with van der Waals surface area (Å²) < 4.78 is 34.9. The summed E-state index contributed by atoms with van der Waals surface area (Å²) in [6, 6.07) is 3.28. The number of nitrogens with one attached hydrogen (secondary N) is 1. The Labute approximate surface area is 145 Å². The lowest BCUT2D eigenvalue weighted by Gasteiger charge is -2.31. The fourth-order valence-electron chi connectivity index (χ4n) is 2.74. The van der Waals surface area contributed by atoms with Crippen LogP contribution in [0.1, 0.15) is 25.2 Å². The molecule has 0 aliphatic carbocycles. The van der Waals surface area contributed by atoms with Crippen molar-refractivity contribution in [3.05, 3.63) is 24.3 Å². The lowest BCUT2D eigenvalue weighted by Crippen LogP contribution is -2.49. The predicted molar refractivity (Wildman–Crippen MR) is 87.9 cm³/mol. The highest BCUT2D eigenvalue weighted by molar-refractivity contribution is 7.88. The number of nitrogens with zero attached hydrogens (tertiary/aromatic N) is 3. The van der Waals surface area contributed by atoms with E-state index in [1.54, 1.807) is 12.1 Å². The van der Waals surface area contributed by atoms with E-state index in [1.807, 2.05) is 0 Å². The van der Waals surface area contributed by atoms with Gasteiger partial charge in [-0.1, -0.05) is 5.16 Å². The van der Waals surface area contributed by atoms with Gasteiger partial charge in [0.1, 0.15) is 0 Å². The number of carbonyl (C=O) groups excluding carboxylic acids is 1. The Balaban J connectivity index is 1.48. The zero-order valence-electron chi connectivity index (χ0n) is 13.8. The van der Waals surface area contributed by atoms with Gasteiger partial charge in [-0.05, 0) is 25.0 Å². The van der Waals surface area contributed by atoms with Crippen LogP contribution < -0.4 is 5.32 Å². The molecule has 0 spiro atoms. The molecule has 1 fully saturated rings. The van der Waals surface area contributed by atoms with E-state index in [9.17, 15) is 13.2 Å². The van der Waals surface area contributed by atoms with Crippen molar-refractivity contribution >= 4 is 15.9 Å². The SMILES string of the molecule is CS(=O)(=O)N1CCCC(NC(=O)CCc2nc(-c3ccco3)no2)C1. The minimum absolute atomic E-state index is 0.168. The summed E-state index contributed by atoms with van der Waals surface area (Å²) in [7, 11) is -3.23. The topological polar surface area (TPSA) is 119 Å². The Hall–Kier alpha value is -2.20. The van der Waals surface area contributed by atoms with E-state index in [0.717, 1.165) is 12.8 Å². The van der Waals surface area contributed by atoms with Crippen molar-refractivity contribution in [2.45, 2.75) is 31.7 Å². The molecule has 0 bridgehead atoms. The number of aromatic nitrogens is 2. The van der Waals surface area contributed by atoms with Crippen molar-refractivity contribution in [2.24, 2.45) is 0 Å². The maximum absolute atomic E-state index is 12.1. The first-order valence-electron chi connectivity index (χ1n) is 8.03. The molecule has 25 heavy (non-hydrogen) atoms. The van der Waals surface area contributed by atoms with Crippen LogP contribution >= 0.6 is 0 Å². The third-order valence-electron chi connectivity index (χ3n) is 3.99. The maximum atomic E-state index is 12.1. The average Bonchev–Trinajstić information content (AvgIpc) is 3.24. The highest BCUT2D eigenvalue weighted by atomic mass is 32.2. The van der Waals surface area contributed by atoms with E-state index in [4.69, 9.17) is 8.94 Å². The quantitative estimate of drug-likeness (QED) is 0.801. The highest BCUT2D eigenvalue weighted by Gasteiger charge is 2.26. The van der Waals surface area contributed by atoms with Gasteiger partial charge in [0.2, 0.25) is 27.6 Å². The number of carbonyl (C=O) groups is 1. The molecule has 1 N–H and O–H groups in total. The van der Waals surface area contributed by atoms with Crippen LogP contribution in [-0.2, 0) is 21.2 Å². The van der Waals surface area contributed by atoms with Crippen molar-refractivity contribution in [1.82, 2.24) is 19.8 Å². The van der Waals surface area contributed by atoms with Gasteiger partial charge in [-0.25, -0.2) is 12.7 Å². The van der Waals surface area contributed by atoms with Gasteiger partial charge in [0.25, 0.3) is 0 Å². The van der Waals surface area contributed by atoms with E-state index in [-0.39, 0.29) is 18.4 Å². The zero-order chi connectivity index (χ0) is 17.9. The normalized spacial score (nSPS) is 19.0. The maximum Gasteiger partial charge on any atom is 0.238 e. The van der Waals surface area contributed by atoms with Crippen LogP contribution in [0.2, 0.25) is 0 Å². The van der Waals surface area contributed by atoms with E-state index in [2.05, 4.69) is 15.5 Å². The smallest absolute Gasteiger partial charge is 0.238 e. The Morgan fingerprint density at radius 3 is 3.04 bits per heavy atom. The molecule has 9 nitrogen and oxygen atoms in total. The molecule has 2 aromatic heterocycles. The molecular formula is C15H20N4O5S. The van der Waals surface area contributed by atoms with Gasteiger partial charge in [-0.2, -0.15) is 4.98 Å². The zero-order valence-corrected chi connectivity index (χ0v) is 14.7. The van der Waals surface area contributed by atoms with E-state index in [0.29, 0.717) is 37.0 Å².